The summed E-state index contributed by atoms with van der Waals surface area (Å²) in [5, 5.41) is 0.844. The molecule has 1 aromatic heterocycles. The number of benzene rings is 2. The van der Waals surface area contributed by atoms with Gasteiger partial charge in [0.25, 0.3) is 5.91 Å². The van der Waals surface area contributed by atoms with E-state index in [-0.39, 0.29) is 11.7 Å². The molecule has 1 saturated heterocycles. The van der Waals surface area contributed by atoms with Crippen molar-refractivity contribution in [2.75, 3.05) is 13.1 Å². The van der Waals surface area contributed by atoms with Gasteiger partial charge in [-0.15, -0.1) is 0 Å². The number of piperidine rings is 1. The number of ketones is 1. The Hall–Kier alpha value is -3.21. The fraction of sp³-hybridized carbons (Fsp3) is 0.346. The van der Waals surface area contributed by atoms with E-state index < -0.39 is 0 Å². The number of amides is 1. The van der Waals surface area contributed by atoms with Crippen LogP contribution >= 0.6 is 0 Å². The van der Waals surface area contributed by atoms with Crippen molar-refractivity contribution in [2.24, 2.45) is 5.92 Å². The SMILES string of the molecule is CC=O.CCC(=O)c1c[nH]c2ccc(C(=O)N3CCC(Cc4ccccc4)CC3)cc12. The molecule has 1 fully saturated rings. The second kappa shape index (κ2) is 10.7. The van der Waals surface area contributed by atoms with Crippen molar-refractivity contribution in [2.45, 2.75) is 39.5 Å². The number of nitrogens with zero attached hydrogens (tertiary/aromatic N) is 1. The zero-order valence-electron chi connectivity index (χ0n) is 18.3. The summed E-state index contributed by atoms with van der Waals surface area (Å²) in [7, 11) is 0. The predicted octanol–water partition coefficient (Wildman–Crippen LogP) is 5.06. The predicted molar refractivity (Wildman–Crippen MR) is 123 cm³/mol. The lowest BCUT2D eigenvalue weighted by Gasteiger charge is -2.32. The summed E-state index contributed by atoms with van der Waals surface area (Å²) < 4.78 is 0. The Morgan fingerprint density at radius 1 is 1.10 bits per heavy atom. The van der Waals surface area contributed by atoms with Crippen LogP contribution in [0.2, 0.25) is 0 Å². The third kappa shape index (κ3) is 5.48. The molecule has 0 bridgehead atoms. The molecule has 3 aromatic rings. The van der Waals surface area contributed by atoms with Gasteiger partial charge in [-0.05, 0) is 55.9 Å². The zero-order chi connectivity index (χ0) is 22.2. The van der Waals surface area contributed by atoms with Gasteiger partial charge in [-0.3, -0.25) is 9.59 Å². The lowest BCUT2D eigenvalue weighted by Crippen LogP contribution is -2.38. The molecule has 1 amide bonds. The topological polar surface area (TPSA) is 70.2 Å². The summed E-state index contributed by atoms with van der Waals surface area (Å²) in [5.41, 5.74) is 3.61. The molecule has 0 radical (unpaired) electrons. The number of carbonyl (C=O) groups is 3. The summed E-state index contributed by atoms with van der Waals surface area (Å²) in [6, 6.07) is 16.2. The molecular weight excluding hydrogens is 388 g/mol. The lowest BCUT2D eigenvalue weighted by molar-refractivity contribution is -0.106. The summed E-state index contributed by atoms with van der Waals surface area (Å²) in [5.74, 6) is 0.793. The second-order valence-electron chi connectivity index (χ2n) is 7.90. The summed E-state index contributed by atoms with van der Waals surface area (Å²) >= 11 is 0. The number of hydrogen-bond acceptors (Lipinski definition) is 3. The van der Waals surface area contributed by atoms with Crippen LogP contribution < -0.4 is 0 Å². The number of aldehydes is 1. The van der Waals surface area contributed by atoms with Crippen molar-refractivity contribution >= 4 is 28.9 Å². The number of nitrogens with one attached hydrogen (secondary N) is 1. The number of Topliss-reactive ketones (excluding diaryl/α,β-unsaturated/α-hetero) is 1. The van der Waals surface area contributed by atoms with E-state index in [0.717, 1.165) is 49.5 Å². The van der Waals surface area contributed by atoms with Gasteiger partial charge in [0.15, 0.2) is 5.78 Å². The molecule has 4 rings (SSSR count). The Bertz CT molecular complexity index is 1030. The Kier molecular flexibility index (Phi) is 7.76. The van der Waals surface area contributed by atoms with Crippen molar-refractivity contribution in [3.63, 3.8) is 0 Å². The summed E-state index contributed by atoms with van der Waals surface area (Å²) in [6.45, 7) is 4.89. The largest absolute Gasteiger partial charge is 0.360 e. The molecule has 1 aliphatic heterocycles. The van der Waals surface area contributed by atoms with Gasteiger partial charge in [-0.25, -0.2) is 0 Å². The fourth-order valence-corrected chi connectivity index (χ4v) is 4.14. The van der Waals surface area contributed by atoms with E-state index >= 15 is 0 Å². The van der Waals surface area contributed by atoms with Gasteiger partial charge >= 0.3 is 0 Å². The van der Waals surface area contributed by atoms with Gasteiger partial charge in [0.1, 0.15) is 6.29 Å². The van der Waals surface area contributed by atoms with Crippen molar-refractivity contribution in [1.82, 2.24) is 9.88 Å². The van der Waals surface area contributed by atoms with Crippen LogP contribution in [0.4, 0.5) is 0 Å². The van der Waals surface area contributed by atoms with Crippen molar-refractivity contribution < 1.29 is 14.4 Å². The number of rotatable bonds is 5. The fourth-order valence-electron chi connectivity index (χ4n) is 4.14. The molecule has 162 valence electrons. The van der Waals surface area contributed by atoms with E-state index in [9.17, 15) is 9.59 Å². The normalized spacial score (nSPS) is 14.1. The molecular formula is C26H30N2O3. The standard InChI is InChI=1S/C24H26N2O2.C2H4O/c1-2-23(27)21-16-25-22-9-8-19(15-20(21)22)24(28)26-12-10-18(11-13-26)14-17-6-4-3-5-7-17;1-2-3/h3-9,15-16,18,25H,2,10-14H2,1H3;2H,1H3. The van der Waals surface area contributed by atoms with Gasteiger partial charge in [0.05, 0.1) is 0 Å². The second-order valence-corrected chi connectivity index (χ2v) is 7.90. The molecule has 0 saturated carbocycles. The molecule has 0 aliphatic carbocycles. The minimum absolute atomic E-state index is 0.0659. The number of aromatic nitrogens is 1. The number of carbonyl (C=O) groups excluding carboxylic acids is 3. The van der Waals surface area contributed by atoms with Gasteiger partial charge in [-0.2, -0.15) is 0 Å². The molecule has 2 heterocycles. The van der Waals surface area contributed by atoms with E-state index in [1.54, 1.807) is 6.20 Å². The summed E-state index contributed by atoms with van der Waals surface area (Å²) in [4.78, 5) is 39.0. The first-order chi connectivity index (χ1) is 15.1. The smallest absolute Gasteiger partial charge is 0.253 e. The van der Waals surface area contributed by atoms with E-state index in [1.165, 1.54) is 12.5 Å². The monoisotopic (exact) mass is 418 g/mol. The molecule has 2 aromatic carbocycles. The third-order valence-corrected chi connectivity index (χ3v) is 5.82. The van der Waals surface area contributed by atoms with Crippen LogP contribution in [0, 0.1) is 5.92 Å². The van der Waals surface area contributed by atoms with Gasteiger partial charge < -0.3 is 14.7 Å². The van der Waals surface area contributed by atoms with E-state index in [0.29, 0.717) is 23.5 Å². The zero-order valence-corrected chi connectivity index (χ0v) is 18.3. The number of fused-ring (bicyclic) bond motifs is 1. The summed E-state index contributed by atoms with van der Waals surface area (Å²) in [6.07, 6.45) is 6.11. The van der Waals surface area contributed by atoms with Crippen LogP contribution in [0.1, 0.15) is 59.4 Å². The van der Waals surface area contributed by atoms with Crippen LogP contribution in [0.15, 0.2) is 54.7 Å². The average Bonchev–Trinajstić information content (AvgIpc) is 3.23. The van der Waals surface area contributed by atoms with E-state index in [4.69, 9.17) is 4.79 Å². The van der Waals surface area contributed by atoms with Gasteiger partial charge in [0, 0.05) is 47.7 Å². The third-order valence-electron chi connectivity index (χ3n) is 5.82. The first-order valence-corrected chi connectivity index (χ1v) is 10.9. The number of aromatic amines is 1. The maximum atomic E-state index is 13.0. The first-order valence-electron chi connectivity index (χ1n) is 10.9. The van der Waals surface area contributed by atoms with Gasteiger partial charge in [-0.1, -0.05) is 37.3 Å². The number of H-pyrrole nitrogens is 1. The quantitative estimate of drug-likeness (QED) is 0.465. The number of hydrogen-bond donors (Lipinski definition) is 1. The van der Waals surface area contributed by atoms with Crippen LogP contribution in [0.5, 0.6) is 0 Å². The Labute approximate surface area is 183 Å². The molecule has 31 heavy (non-hydrogen) atoms. The maximum absolute atomic E-state index is 13.0. The molecule has 1 aliphatic rings. The Morgan fingerprint density at radius 3 is 2.42 bits per heavy atom. The van der Waals surface area contributed by atoms with Crippen LogP contribution in [-0.2, 0) is 11.2 Å². The molecule has 5 heteroatoms. The minimum Gasteiger partial charge on any atom is -0.360 e. The van der Waals surface area contributed by atoms with Crippen molar-refractivity contribution in [1.29, 1.82) is 0 Å². The molecule has 0 unspecified atom stereocenters. The Balaban J connectivity index is 0.000000858. The van der Waals surface area contributed by atoms with Gasteiger partial charge in [0.2, 0.25) is 0 Å². The van der Waals surface area contributed by atoms with Crippen molar-refractivity contribution in [3.8, 4) is 0 Å². The van der Waals surface area contributed by atoms with E-state index in [1.807, 2.05) is 36.1 Å². The van der Waals surface area contributed by atoms with Crippen LogP contribution in [0.3, 0.4) is 0 Å². The van der Waals surface area contributed by atoms with Crippen LogP contribution in [-0.4, -0.2) is 40.9 Å². The first kappa shape index (κ1) is 22.5. The van der Waals surface area contributed by atoms with E-state index in [2.05, 4.69) is 29.2 Å². The molecule has 1 N–H and O–H groups in total. The highest BCUT2D eigenvalue weighted by Gasteiger charge is 2.24. The molecule has 0 spiro atoms. The Morgan fingerprint density at radius 2 is 1.77 bits per heavy atom. The van der Waals surface area contributed by atoms with Crippen molar-refractivity contribution in [3.05, 3.63) is 71.4 Å². The highest BCUT2D eigenvalue weighted by molar-refractivity contribution is 6.09. The molecule has 5 nitrogen and oxygen atoms in total. The highest BCUT2D eigenvalue weighted by Crippen LogP contribution is 2.25. The highest BCUT2D eigenvalue weighted by atomic mass is 16.2. The lowest BCUT2D eigenvalue weighted by atomic mass is 9.90. The number of likely N-dealkylation sites (tertiary alicyclic amines) is 1. The average molecular weight is 419 g/mol. The maximum Gasteiger partial charge on any atom is 0.253 e. The molecule has 0 atom stereocenters. The van der Waals surface area contributed by atoms with Crippen LogP contribution in [0.25, 0.3) is 10.9 Å². The minimum atomic E-state index is 0.0659.